The number of hydrogen-bond donors (Lipinski definition) is 1. The molecule has 4 rings (SSSR count). The van der Waals surface area contributed by atoms with Crippen molar-refractivity contribution < 1.29 is 9.72 Å². The number of nitrogens with one attached hydrogen (secondary N) is 1. The maximum Gasteiger partial charge on any atom is 0.282 e. The van der Waals surface area contributed by atoms with Crippen LogP contribution in [-0.4, -0.2) is 15.8 Å². The maximum atomic E-state index is 12.7. The Kier molecular flexibility index (Phi) is 4.89. The molecule has 0 unspecified atom stereocenters. The number of nitrogens with zero attached hydrogens (tertiary/aromatic N) is 2. The highest BCUT2D eigenvalue weighted by atomic mass is 79.9. The Morgan fingerprint density at radius 2 is 1.82 bits per heavy atom. The number of benzene rings is 3. The van der Waals surface area contributed by atoms with E-state index in [2.05, 4.69) is 26.2 Å². The Morgan fingerprint density at radius 3 is 2.61 bits per heavy atom. The third-order valence-corrected chi connectivity index (χ3v) is 5.66. The van der Waals surface area contributed by atoms with Crippen molar-refractivity contribution in [2.45, 2.75) is 0 Å². The van der Waals surface area contributed by atoms with Crippen LogP contribution < -0.4 is 5.32 Å². The van der Waals surface area contributed by atoms with Crippen molar-refractivity contribution in [2.75, 3.05) is 5.32 Å². The lowest BCUT2D eigenvalue weighted by Crippen LogP contribution is -2.14. The fourth-order valence-electron chi connectivity index (χ4n) is 2.80. The lowest BCUT2D eigenvalue weighted by Gasteiger charge is -2.10. The molecule has 1 heterocycles. The molecule has 3 aromatic carbocycles. The number of para-hydroxylation sites is 2. The van der Waals surface area contributed by atoms with Crippen LogP contribution >= 0.6 is 27.3 Å². The first-order chi connectivity index (χ1) is 13.5. The van der Waals surface area contributed by atoms with Gasteiger partial charge in [0.25, 0.3) is 11.6 Å². The van der Waals surface area contributed by atoms with Crippen LogP contribution in [0.15, 0.2) is 71.2 Å². The van der Waals surface area contributed by atoms with E-state index in [4.69, 9.17) is 0 Å². The molecule has 8 heteroatoms. The number of anilines is 1. The Bertz CT molecular complexity index is 1190. The second-order valence-corrected chi connectivity index (χ2v) is 7.85. The predicted octanol–water partition coefficient (Wildman–Crippen LogP) is 5.89. The summed E-state index contributed by atoms with van der Waals surface area (Å²) < 4.78 is 1.87. The van der Waals surface area contributed by atoms with Gasteiger partial charge in [0.15, 0.2) is 0 Å². The van der Waals surface area contributed by atoms with E-state index in [0.29, 0.717) is 5.69 Å². The SMILES string of the molecule is O=C(Nc1ccc(Br)cc1-c1nc2ccccc2s1)c1ccccc1[N+](=O)[O-]. The first kappa shape index (κ1) is 18.3. The standard InChI is InChI=1S/C20H12BrN3O3S/c21-12-9-10-15(22-19(25)13-5-1-3-7-17(13)24(26)27)14(11-12)20-23-16-6-2-4-8-18(16)28-20/h1-11H,(H,22,25). The van der Waals surface area contributed by atoms with Gasteiger partial charge in [0.1, 0.15) is 10.6 Å². The molecule has 0 fully saturated rings. The van der Waals surface area contributed by atoms with Crippen molar-refractivity contribution in [2.24, 2.45) is 0 Å². The predicted molar refractivity (Wildman–Crippen MR) is 114 cm³/mol. The number of halogens is 1. The van der Waals surface area contributed by atoms with E-state index in [1.165, 1.54) is 29.5 Å². The summed E-state index contributed by atoms with van der Waals surface area (Å²) >= 11 is 4.97. The van der Waals surface area contributed by atoms with Crippen LogP contribution in [0.5, 0.6) is 0 Å². The molecule has 0 saturated carbocycles. The summed E-state index contributed by atoms with van der Waals surface area (Å²) in [6.45, 7) is 0. The molecule has 0 aliphatic heterocycles. The largest absolute Gasteiger partial charge is 0.321 e. The molecule has 1 amide bonds. The number of nitro groups is 1. The van der Waals surface area contributed by atoms with Gasteiger partial charge >= 0.3 is 0 Å². The van der Waals surface area contributed by atoms with Gasteiger partial charge in [-0.3, -0.25) is 14.9 Å². The van der Waals surface area contributed by atoms with Crippen molar-refractivity contribution in [3.8, 4) is 10.6 Å². The molecule has 138 valence electrons. The fourth-order valence-corrected chi connectivity index (χ4v) is 4.16. The number of carbonyl (C=O) groups excluding carboxylic acids is 1. The van der Waals surface area contributed by atoms with E-state index in [1.807, 2.05) is 30.3 Å². The molecule has 28 heavy (non-hydrogen) atoms. The number of carbonyl (C=O) groups is 1. The summed E-state index contributed by atoms with van der Waals surface area (Å²) in [5, 5.41) is 14.8. The number of fused-ring (bicyclic) bond motifs is 1. The Morgan fingerprint density at radius 1 is 1.07 bits per heavy atom. The quantitative estimate of drug-likeness (QED) is 0.308. The lowest BCUT2D eigenvalue weighted by atomic mass is 10.1. The molecule has 0 radical (unpaired) electrons. The average Bonchev–Trinajstić information content (AvgIpc) is 3.13. The highest BCUT2D eigenvalue weighted by Crippen LogP contribution is 2.36. The van der Waals surface area contributed by atoms with Gasteiger partial charge in [-0.2, -0.15) is 0 Å². The van der Waals surface area contributed by atoms with Crippen LogP contribution in [0.4, 0.5) is 11.4 Å². The molecule has 4 aromatic rings. The molecular weight excluding hydrogens is 442 g/mol. The van der Waals surface area contributed by atoms with Gasteiger partial charge in [-0.1, -0.05) is 40.2 Å². The number of hydrogen-bond acceptors (Lipinski definition) is 5. The van der Waals surface area contributed by atoms with Gasteiger partial charge < -0.3 is 5.32 Å². The van der Waals surface area contributed by atoms with Crippen molar-refractivity contribution in [1.82, 2.24) is 4.98 Å². The second kappa shape index (κ2) is 7.49. The zero-order valence-corrected chi connectivity index (χ0v) is 16.7. The van der Waals surface area contributed by atoms with E-state index in [1.54, 1.807) is 18.2 Å². The minimum absolute atomic E-state index is 0.00525. The smallest absolute Gasteiger partial charge is 0.282 e. The molecule has 0 bridgehead atoms. The summed E-state index contributed by atoms with van der Waals surface area (Å²) in [7, 11) is 0. The first-order valence-corrected chi connectivity index (χ1v) is 9.84. The maximum absolute atomic E-state index is 12.7. The Hall–Kier alpha value is -3.10. The van der Waals surface area contributed by atoms with Gasteiger partial charge in [0.05, 0.1) is 20.8 Å². The molecule has 0 saturated heterocycles. The van der Waals surface area contributed by atoms with E-state index in [0.717, 1.165) is 25.3 Å². The van der Waals surface area contributed by atoms with Gasteiger partial charge in [-0.15, -0.1) is 11.3 Å². The zero-order chi connectivity index (χ0) is 19.7. The Labute approximate surface area is 172 Å². The van der Waals surface area contributed by atoms with Gasteiger partial charge in [-0.25, -0.2) is 4.98 Å². The van der Waals surface area contributed by atoms with Gasteiger partial charge in [0.2, 0.25) is 0 Å². The van der Waals surface area contributed by atoms with Crippen LogP contribution in [-0.2, 0) is 0 Å². The molecule has 6 nitrogen and oxygen atoms in total. The van der Waals surface area contributed by atoms with Crippen LogP contribution in [0.2, 0.25) is 0 Å². The van der Waals surface area contributed by atoms with Gasteiger partial charge in [-0.05, 0) is 36.4 Å². The first-order valence-electron chi connectivity index (χ1n) is 8.23. The highest BCUT2D eigenvalue weighted by molar-refractivity contribution is 9.10. The van der Waals surface area contributed by atoms with Crippen LogP contribution in [0.25, 0.3) is 20.8 Å². The summed E-state index contributed by atoms with van der Waals surface area (Å²) in [5.74, 6) is -0.544. The summed E-state index contributed by atoms with van der Waals surface area (Å²) in [6.07, 6.45) is 0. The molecule has 0 aliphatic rings. The van der Waals surface area contributed by atoms with Crippen molar-refractivity contribution >= 4 is 54.8 Å². The topological polar surface area (TPSA) is 85.1 Å². The summed E-state index contributed by atoms with van der Waals surface area (Å²) in [4.78, 5) is 28.0. The summed E-state index contributed by atoms with van der Waals surface area (Å²) in [6, 6.07) is 19.1. The summed E-state index contributed by atoms with van der Waals surface area (Å²) in [5.41, 5.74) is 1.91. The third kappa shape index (κ3) is 3.51. The number of amides is 1. The molecule has 0 atom stereocenters. The van der Waals surface area contributed by atoms with Crippen molar-refractivity contribution in [1.29, 1.82) is 0 Å². The number of rotatable bonds is 4. The molecule has 1 N–H and O–H groups in total. The third-order valence-electron chi connectivity index (χ3n) is 4.10. The van der Waals surface area contributed by atoms with Crippen LogP contribution in [0.1, 0.15) is 10.4 Å². The van der Waals surface area contributed by atoms with E-state index in [9.17, 15) is 14.9 Å². The second-order valence-electron chi connectivity index (χ2n) is 5.91. The van der Waals surface area contributed by atoms with Crippen LogP contribution in [0, 0.1) is 10.1 Å². The van der Waals surface area contributed by atoms with Gasteiger partial charge in [0, 0.05) is 16.1 Å². The monoisotopic (exact) mass is 453 g/mol. The van der Waals surface area contributed by atoms with E-state index >= 15 is 0 Å². The van der Waals surface area contributed by atoms with Crippen molar-refractivity contribution in [3.05, 3.63) is 86.9 Å². The average molecular weight is 454 g/mol. The van der Waals surface area contributed by atoms with Crippen molar-refractivity contribution in [3.63, 3.8) is 0 Å². The van der Waals surface area contributed by atoms with Crippen LogP contribution in [0.3, 0.4) is 0 Å². The molecule has 0 aliphatic carbocycles. The lowest BCUT2D eigenvalue weighted by molar-refractivity contribution is -0.385. The zero-order valence-electron chi connectivity index (χ0n) is 14.3. The van der Waals surface area contributed by atoms with E-state index < -0.39 is 10.8 Å². The number of nitro benzene ring substituents is 1. The fraction of sp³-hybridized carbons (Fsp3) is 0. The minimum atomic E-state index is -0.565. The minimum Gasteiger partial charge on any atom is -0.321 e. The molecule has 0 spiro atoms. The Balaban J connectivity index is 1.75. The number of thiazole rings is 1. The molecular formula is C20H12BrN3O3S. The highest BCUT2D eigenvalue weighted by Gasteiger charge is 2.21. The number of aromatic nitrogens is 1. The van der Waals surface area contributed by atoms with E-state index in [-0.39, 0.29) is 11.3 Å². The normalized spacial score (nSPS) is 10.8. The molecule has 1 aromatic heterocycles.